The lowest BCUT2D eigenvalue weighted by Gasteiger charge is -1.95. The third-order valence-electron chi connectivity index (χ3n) is 1.31. The molecule has 55 valence electrons. The van der Waals surface area contributed by atoms with E-state index in [1.54, 1.807) is 13.4 Å². The van der Waals surface area contributed by atoms with Crippen molar-refractivity contribution in [3.8, 4) is 0 Å². The smallest absolute Gasteiger partial charge is 0.306 e. The Morgan fingerprint density at radius 2 is 2.27 bits per heavy atom. The van der Waals surface area contributed by atoms with Gasteiger partial charge in [0.05, 0.1) is 6.42 Å². The van der Waals surface area contributed by atoms with Gasteiger partial charge in [-0.15, -0.1) is 5.98 Å². The van der Waals surface area contributed by atoms with Crippen molar-refractivity contribution >= 4 is 13.2 Å². The van der Waals surface area contributed by atoms with Gasteiger partial charge in [-0.1, -0.05) is 29.8 Å². The fourth-order valence-corrected chi connectivity index (χ4v) is 0.835. The van der Waals surface area contributed by atoms with Crippen LogP contribution in [0.15, 0.2) is 35.8 Å². The number of carbonyl (C=O) groups is 1. The summed E-state index contributed by atoms with van der Waals surface area (Å²) in [6.45, 7) is 0. The molecular weight excluding hydrogens is 139 g/mol. The van der Waals surface area contributed by atoms with Gasteiger partial charge in [-0.25, -0.2) is 0 Å². The molecule has 1 rings (SSSR count). The van der Waals surface area contributed by atoms with Crippen LogP contribution in [0.4, 0.5) is 0 Å². The van der Waals surface area contributed by atoms with Gasteiger partial charge in [0.25, 0.3) is 0 Å². The molecule has 2 nitrogen and oxygen atoms in total. The molecule has 11 heavy (non-hydrogen) atoms. The van der Waals surface area contributed by atoms with Crippen LogP contribution in [0.25, 0.3) is 0 Å². The van der Waals surface area contributed by atoms with E-state index >= 15 is 0 Å². The second-order valence-corrected chi connectivity index (χ2v) is 2.25. The van der Waals surface area contributed by atoms with Gasteiger partial charge in [0.1, 0.15) is 0 Å². The predicted molar refractivity (Wildman–Crippen MR) is 44.4 cm³/mol. The van der Waals surface area contributed by atoms with Crippen LogP contribution in [0.2, 0.25) is 0 Å². The van der Waals surface area contributed by atoms with Gasteiger partial charge in [0.15, 0.2) is 7.28 Å². The zero-order valence-electron chi connectivity index (χ0n) is 6.03. The van der Waals surface area contributed by atoms with Crippen molar-refractivity contribution in [1.82, 2.24) is 0 Å². The highest BCUT2D eigenvalue weighted by atomic mass is 16.4. The fraction of sp³-hybridized carbons (Fsp3) is 0.125. The Labute approximate surface area is 66.2 Å². The van der Waals surface area contributed by atoms with Gasteiger partial charge in [-0.05, 0) is 0 Å². The van der Waals surface area contributed by atoms with Gasteiger partial charge in [0, 0.05) is 0 Å². The Morgan fingerprint density at radius 1 is 1.45 bits per heavy atom. The number of rotatable bonds is 2. The van der Waals surface area contributed by atoms with Crippen LogP contribution >= 0.6 is 0 Å². The molecule has 0 amide bonds. The van der Waals surface area contributed by atoms with E-state index in [2.05, 4.69) is 0 Å². The van der Waals surface area contributed by atoms with Crippen molar-refractivity contribution in [3.05, 3.63) is 35.8 Å². The summed E-state index contributed by atoms with van der Waals surface area (Å²) in [5.74, 6) is 1.04. The van der Waals surface area contributed by atoms with E-state index in [9.17, 15) is 4.79 Å². The topological polar surface area (TPSA) is 37.3 Å². The maximum absolute atomic E-state index is 10.3. The normalized spacial score (nSPS) is 15.1. The lowest BCUT2D eigenvalue weighted by atomic mass is 9.68. The van der Waals surface area contributed by atoms with Crippen LogP contribution in [0.1, 0.15) is 6.42 Å². The van der Waals surface area contributed by atoms with Crippen molar-refractivity contribution in [1.29, 1.82) is 0 Å². The maximum Gasteiger partial charge on any atom is 0.306 e. The first-order valence-electron chi connectivity index (χ1n) is 3.38. The van der Waals surface area contributed by atoms with Crippen molar-refractivity contribution in [2.24, 2.45) is 0 Å². The van der Waals surface area contributed by atoms with E-state index < -0.39 is 5.97 Å². The molecule has 1 aliphatic heterocycles. The molecule has 0 spiro atoms. The van der Waals surface area contributed by atoms with Crippen molar-refractivity contribution < 1.29 is 9.90 Å². The van der Waals surface area contributed by atoms with Crippen molar-refractivity contribution in [2.45, 2.75) is 6.42 Å². The molecule has 0 bridgehead atoms. The number of carboxylic acids is 1. The van der Waals surface area contributed by atoms with Crippen LogP contribution in [0, 0.1) is 0 Å². The van der Waals surface area contributed by atoms with Gasteiger partial charge in [-0.3, -0.25) is 4.79 Å². The molecule has 0 atom stereocenters. The number of aliphatic carboxylic acids is 1. The van der Waals surface area contributed by atoms with Crippen LogP contribution in [0.3, 0.4) is 0 Å². The molecule has 0 aliphatic carbocycles. The summed E-state index contributed by atoms with van der Waals surface area (Å²) in [5.41, 5.74) is 0.822. The number of hydrogen-bond donors (Lipinski definition) is 1. The molecule has 1 heterocycles. The minimum absolute atomic E-state index is 0.0919. The van der Waals surface area contributed by atoms with Crippen LogP contribution in [-0.4, -0.2) is 18.4 Å². The average Bonchev–Trinajstić information content (AvgIpc) is 2.14. The van der Waals surface area contributed by atoms with Crippen molar-refractivity contribution in [2.75, 3.05) is 0 Å². The highest BCUT2D eigenvalue weighted by Crippen LogP contribution is 2.03. The standard InChI is InChI=1S/C8H8BO2/c10-8(11)6-7-4-2-1-3-5-9-7/h1-5H,6H2,(H,10,11). The lowest BCUT2D eigenvalue weighted by molar-refractivity contribution is -0.136. The number of carboxylic acid groups (broad SMARTS) is 1. The Balaban J connectivity index is 2.57. The third kappa shape index (κ3) is 2.89. The predicted octanol–water partition coefficient (Wildman–Crippen LogP) is 1.13. The Morgan fingerprint density at radius 3 is 3.00 bits per heavy atom. The van der Waals surface area contributed by atoms with Gasteiger partial charge < -0.3 is 5.11 Å². The number of hydrogen-bond acceptors (Lipinski definition) is 1. The van der Waals surface area contributed by atoms with Gasteiger partial charge in [0.2, 0.25) is 0 Å². The Kier molecular flexibility index (Phi) is 2.72. The summed E-state index contributed by atoms with van der Waals surface area (Å²) in [7, 11) is 1.80. The number of allylic oxidation sites excluding steroid dienone is 4. The van der Waals surface area contributed by atoms with Crippen LogP contribution in [0.5, 0.6) is 0 Å². The molecule has 0 aromatic rings. The lowest BCUT2D eigenvalue weighted by Crippen LogP contribution is -2.01. The zero-order valence-corrected chi connectivity index (χ0v) is 6.03. The van der Waals surface area contributed by atoms with Crippen LogP contribution in [-0.2, 0) is 4.79 Å². The molecule has 0 saturated heterocycles. The van der Waals surface area contributed by atoms with Crippen molar-refractivity contribution in [3.63, 3.8) is 0 Å². The largest absolute Gasteiger partial charge is 0.481 e. The SMILES string of the molecule is O=C(O)CC1=CC=CC=C[B]1. The molecule has 3 heteroatoms. The minimum atomic E-state index is -0.795. The first kappa shape index (κ1) is 7.86. The Bertz CT molecular complexity index is 238. The van der Waals surface area contributed by atoms with E-state index in [0.29, 0.717) is 0 Å². The fourth-order valence-electron chi connectivity index (χ4n) is 0.835. The second-order valence-electron chi connectivity index (χ2n) is 2.25. The summed E-state index contributed by atoms with van der Waals surface area (Å²) in [6, 6.07) is 0. The zero-order chi connectivity index (χ0) is 8.10. The first-order chi connectivity index (χ1) is 5.29. The summed E-state index contributed by atoms with van der Waals surface area (Å²) >= 11 is 0. The van der Waals surface area contributed by atoms with E-state index in [0.717, 1.165) is 5.47 Å². The van der Waals surface area contributed by atoms with Gasteiger partial charge >= 0.3 is 5.97 Å². The molecule has 0 saturated carbocycles. The molecule has 0 aromatic carbocycles. The molecule has 0 fully saturated rings. The first-order valence-corrected chi connectivity index (χ1v) is 3.38. The molecule has 1 radical (unpaired) electrons. The Hall–Kier alpha value is -1.25. The highest BCUT2D eigenvalue weighted by molar-refractivity contribution is 6.51. The molecule has 0 aromatic heterocycles. The average molecular weight is 147 g/mol. The molecule has 1 N–H and O–H groups in total. The summed E-state index contributed by atoms with van der Waals surface area (Å²) in [5, 5.41) is 8.45. The second kappa shape index (κ2) is 3.81. The highest BCUT2D eigenvalue weighted by Gasteiger charge is 2.02. The van der Waals surface area contributed by atoms with E-state index in [-0.39, 0.29) is 6.42 Å². The quantitative estimate of drug-likeness (QED) is 0.594. The monoisotopic (exact) mass is 147 g/mol. The molecule has 1 aliphatic rings. The summed E-state index contributed by atoms with van der Waals surface area (Å²) < 4.78 is 0. The minimum Gasteiger partial charge on any atom is -0.481 e. The van der Waals surface area contributed by atoms with E-state index in [1.165, 1.54) is 0 Å². The van der Waals surface area contributed by atoms with E-state index in [1.807, 2.05) is 24.2 Å². The summed E-state index contributed by atoms with van der Waals surface area (Å²) in [6.07, 6.45) is 7.46. The molecule has 0 unspecified atom stereocenters. The van der Waals surface area contributed by atoms with E-state index in [4.69, 9.17) is 5.11 Å². The molecular formula is C8H8BO2. The maximum atomic E-state index is 10.3. The van der Waals surface area contributed by atoms with Gasteiger partial charge in [-0.2, -0.15) is 0 Å². The summed E-state index contributed by atoms with van der Waals surface area (Å²) in [4.78, 5) is 10.3. The third-order valence-corrected chi connectivity index (χ3v) is 1.31. The van der Waals surface area contributed by atoms with Crippen LogP contribution < -0.4 is 0 Å².